The summed E-state index contributed by atoms with van der Waals surface area (Å²) >= 11 is 1.83. The summed E-state index contributed by atoms with van der Waals surface area (Å²) < 4.78 is 5.73. The van der Waals surface area contributed by atoms with Gasteiger partial charge in [-0.05, 0) is 18.8 Å². The summed E-state index contributed by atoms with van der Waals surface area (Å²) in [6.07, 6.45) is 6.82. The number of aromatic nitrogens is 1. The van der Waals surface area contributed by atoms with Crippen molar-refractivity contribution in [2.24, 2.45) is 0 Å². The molecule has 2 nitrogen and oxygen atoms in total. The van der Waals surface area contributed by atoms with Crippen LogP contribution in [0, 0.1) is 0 Å². The highest BCUT2D eigenvalue weighted by Crippen LogP contribution is 2.43. The lowest BCUT2D eigenvalue weighted by Crippen LogP contribution is -2.23. The second-order valence-electron chi connectivity index (χ2n) is 4.63. The van der Waals surface area contributed by atoms with E-state index in [9.17, 15) is 0 Å². The Morgan fingerprint density at radius 3 is 2.53 bits per heavy atom. The SMILES string of the molecule is COC1(c2ncc(C(C)C)s2)CCCC1. The molecule has 2 rings (SSSR count). The van der Waals surface area contributed by atoms with E-state index in [0.29, 0.717) is 5.92 Å². The monoisotopic (exact) mass is 225 g/mol. The molecular weight excluding hydrogens is 206 g/mol. The van der Waals surface area contributed by atoms with Crippen LogP contribution in [0.4, 0.5) is 0 Å². The smallest absolute Gasteiger partial charge is 0.125 e. The quantitative estimate of drug-likeness (QED) is 0.783. The van der Waals surface area contributed by atoms with Gasteiger partial charge in [-0.25, -0.2) is 4.98 Å². The van der Waals surface area contributed by atoms with Crippen molar-refractivity contribution in [2.45, 2.75) is 51.0 Å². The first kappa shape index (κ1) is 11.1. The van der Waals surface area contributed by atoms with E-state index in [1.807, 2.05) is 24.6 Å². The van der Waals surface area contributed by atoms with Gasteiger partial charge < -0.3 is 4.74 Å². The average molecular weight is 225 g/mol. The van der Waals surface area contributed by atoms with Gasteiger partial charge in [-0.3, -0.25) is 0 Å². The van der Waals surface area contributed by atoms with Gasteiger partial charge in [0.2, 0.25) is 0 Å². The predicted molar refractivity (Wildman–Crippen MR) is 63.4 cm³/mol. The second-order valence-corrected chi connectivity index (χ2v) is 5.69. The van der Waals surface area contributed by atoms with Gasteiger partial charge in [0.1, 0.15) is 10.6 Å². The van der Waals surface area contributed by atoms with Gasteiger partial charge in [0.25, 0.3) is 0 Å². The van der Waals surface area contributed by atoms with Crippen molar-refractivity contribution >= 4 is 11.3 Å². The van der Waals surface area contributed by atoms with E-state index in [1.165, 1.54) is 22.7 Å². The first-order valence-corrected chi connectivity index (χ1v) is 6.51. The fourth-order valence-electron chi connectivity index (χ4n) is 2.22. The Bertz CT molecular complexity index is 326. The number of hydrogen-bond acceptors (Lipinski definition) is 3. The molecule has 0 bridgehead atoms. The minimum Gasteiger partial charge on any atom is -0.371 e. The van der Waals surface area contributed by atoms with Crippen LogP contribution in [0.15, 0.2) is 6.20 Å². The molecule has 1 aliphatic carbocycles. The molecule has 1 aromatic heterocycles. The Balaban J connectivity index is 2.27. The van der Waals surface area contributed by atoms with E-state index in [4.69, 9.17) is 4.74 Å². The molecule has 0 spiro atoms. The lowest BCUT2D eigenvalue weighted by Gasteiger charge is -2.24. The van der Waals surface area contributed by atoms with Gasteiger partial charge in [0.05, 0.1) is 0 Å². The summed E-state index contributed by atoms with van der Waals surface area (Å²) in [5.74, 6) is 0.576. The normalized spacial score (nSPS) is 20.0. The third-order valence-corrected chi connectivity index (χ3v) is 4.77. The molecule has 0 atom stereocenters. The first-order chi connectivity index (χ1) is 7.18. The highest BCUT2D eigenvalue weighted by Gasteiger charge is 2.38. The fourth-order valence-corrected chi connectivity index (χ4v) is 3.36. The molecule has 84 valence electrons. The van der Waals surface area contributed by atoms with E-state index >= 15 is 0 Å². The second kappa shape index (κ2) is 4.22. The average Bonchev–Trinajstić information content (AvgIpc) is 2.87. The Morgan fingerprint density at radius 2 is 2.07 bits per heavy atom. The van der Waals surface area contributed by atoms with Crippen LogP contribution in [0.3, 0.4) is 0 Å². The van der Waals surface area contributed by atoms with Crippen molar-refractivity contribution in [2.75, 3.05) is 7.11 Å². The molecule has 1 aliphatic rings. The van der Waals surface area contributed by atoms with Crippen LogP contribution in [-0.4, -0.2) is 12.1 Å². The fraction of sp³-hybridized carbons (Fsp3) is 0.750. The van der Waals surface area contributed by atoms with Crippen LogP contribution < -0.4 is 0 Å². The van der Waals surface area contributed by atoms with Gasteiger partial charge in [-0.2, -0.15) is 0 Å². The molecule has 1 saturated carbocycles. The highest BCUT2D eigenvalue weighted by molar-refractivity contribution is 7.11. The Hall–Kier alpha value is -0.410. The van der Waals surface area contributed by atoms with Gasteiger partial charge in [-0.15, -0.1) is 11.3 Å². The number of hydrogen-bond donors (Lipinski definition) is 0. The minimum absolute atomic E-state index is 0.0577. The van der Waals surface area contributed by atoms with E-state index < -0.39 is 0 Å². The molecule has 15 heavy (non-hydrogen) atoms. The van der Waals surface area contributed by atoms with Crippen LogP contribution in [0.2, 0.25) is 0 Å². The molecule has 0 N–H and O–H groups in total. The first-order valence-electron chi connectivity index (χ1n) is 5.69. The molecule has 0 saturated heterocycles. The zero-order chi connectivity index (χ0) is 10.9. The zero-order valence-electron chi connectivity index (χ0n) is 9.75. The van der Waals surface area contributed by atoms with Crippen LogP contribution in [0.5, 0.6) is 0 Å². The largest absolute Gasteiger partial charge is 0.371 e. The molecule has 0 unspecified atom stereocenters. The molecule has 3 heteroatoms. The molecule has 0 aliphatic heterocycles. The molecular formula is C12H19NOS. The van der Waals surface area contributed by atoms with Crippen LogP contribution in [0.1, 0.15) is 55.3 Å². The predicted octanol–water partition coefficient (Wildman–Crippen LogP) is 3.68. The summed E-state index contributed by atoms with van der Waals surface area (Å²) in [6, 6.07) is 0. The molecule has 1 aromatic rings. The summed E-state index contributed by atoms with van der Waals surface area (Å²) in [4.78, 5) is 5.92. The molecule has 0 amide bonds. The topological polar surface area (TPSA) is 22.1 Å². The van der Waals surface area contributed by atoms with Crippen LogP contribution in [-0.2, 0) is 10.3 Å². The maximum Gasteiger partial charge on any atom is 0.125 e. The van der Waals surface area contributed by atoms with Gasteiger partial charge in [0, 0.05) is 18.2 Å². The number of ether oxygens (including phenoxy) is 1. The Labute approximate surface area is 95.7 Å². The molecule has 1 heterocycles. The number of thiazole rings is 1. The lowest BCUT2D eigenvalue weighted by atomic mass is 10.0. The number of rotatable bonds is 3. The Kier molecular flexibility index (Phi) is 3.12. The van der Waals surface area contributed by atoms with Crippen molar-refractivity contribution in [3.8, 4) is 0 Å². The highest BCUT2D eigenvalue weighted by atomic mass is 32.1. The van der Waals surface area contributed by atoms with Crippen LogP contribution in [0.25, 0.3) is 0 Å². The summed E-state index contributed by atoms with van der Waals surface area (Å²) in [5, 5.41) is 1.19. The van der Waals surface area contributed by atoms with Crippen molar-refractivity contribution < 1.29 is 4.74 Å². The maximum absolute atomic E-state index is 5.73. The number of nitrogens with zero attached hydrogens (tertiary/aromatic N) is 1. The standard InChI is InChI=1S/C12H19NOS/c1-9(2)10-8-13-11(15-10)12(14-3)6-4-5-7-12/h8-9H,4-7H2,1-3H3. The van der Waals surface area contributed by atoms with Gasteiger partial charge in [-0.1, -0.05) is 26.7 Å². The van der Waals surface area contributed by atoms with E-state index in [2.05, 4.69) is 18.8 Å². The summed E-state index contributed by atoms with van der Waals surface area (Å²) in [5.41, 5.74) is -0.0577. The third-order valence-electron chi connectivity index (χ3n) is 3.28. The van der Waals surface area contributed by atoms with E-state index in [0.717, 1.165) is 12.8 Å². The lowest BCUT2D eigenvalue weighted by molar-refractivity contribution is -0.00885. The molecule has 0 aromatic carbocycles. The third kappa shape index (κ3) is 1.95. The van der Waals surface area contributed by atoms with E-state index in [1.54, 1.807) is 0 Å². The summed E-state index contributed by atoms with van der Waals surface area (Å²) in [7, 11) is 1.82. The maximum atomic E-state index is 5.73. The van der Waals surface area contributed by atoms with Gasteiger partial charge in [0.15, 0.2) is 0 Å². The van der Waals surface area contributed by atoms with Gasteiger partial charge >= 0.3 is 0 Å². The number of methoxy groups -OCH3 is 1. The molecule has 0 radical (unpaired) electrons. The Morgan fingerprint density at radius 1 is 1.40 bits per heavy atom. The van der Waals surface area contributed by atoms with Crippen molar-refractivity contribution in [3.05, 3.63) is 16.1 Å². The minimum atomic E-state index is -0.0577. The van der Waals surface area contributed by atoms with Crippen molar-refractivity contribution in [1.29, 1.82) is 0 Å². The van der Waals surface area contributed by atoms with Crippen molar-refractivity contribution in [3.63, 3.8) is 0 Å². The van der Waals surface area contributed by atoms with Crippen molar-refractivity contribution in [1.82, 2.24) is 4.98 Å². The van der Waals surface area contributed by atoms with E-state index in [-0.39, 0.29) is 5.60 Å². The zero-order valence-corrected chi connectivity index (χ0v) is 10.6. The van der Waals surface area contributed by atoms with Crippen LogP contribution >= 0.6 is 11.3 Å². The molecule has 1 fully saturated rings. The summed E-state index contributed by atoms with van der Waals surface area (Å²) in [6.45, 7) is 4.43.